The molecular weight excluding hydrogens is 372 g/mol. The van der Waals surface area contributed by atoms with Gasteiger partial charge in [0.25, 0.3) is 10.0 Å². The standard InChI is InChI=1S/C19H21ClN2O3S/c1-3-19(23)22-10-4-5-14-7-8-15(11-18(14)22)21-26(24,25)16-9-6-13(2)17(20)12-16/h6-9,11-12,21H,3-5,10H2,1-2H3. The normalized spacial score (nSPS) is 14.0. The third-order valence-corrected chi connectivity index (χ3v) is 6.30. The van der Waals surface area contributed by atoms with E-state index in [1.807, 2.05) is 19.9 Å². The smallest absolute Gasteiger partial charge is 0.261 e. The Morgan fingerprint density at radius 1 is 1.23 bits per heavy atom. The zero-order chi connectivity index (χ0) is 18.9. The van der Waals surface area contributed by atoms with Crippen molar-refractivity contribution in [1.29, 1.82) is 0 Å². The number of hydrogen-bond donors (Lipinski definition) is 1. The first-order valence-corrected chi connectivity index (χ1v) is 10.4. The van der Waals surface area contributed by atoms with Crippen LogP contribution in [0.3, 0.4) is 0 Å². The van der Waals surface area contributed by atoms with Crippen LogP contribution in [-0.4, -0.2) is 20.9 Å². The lowest BCUT2D eigenvalue weighted by molar-refractivity contribution is -0.118. The molecule has 1 heterocycles. The number of amides is 1. The lowest BCUT2D eigenvalue weighted by Crippen LogP contribution is -2.35. The maximum atomic E-state index is 12.7. The fourth-order valence-corrected chi connectivity index (χ4v) is 4.36. The predicted molar refractivity (Wildman–Crippen MR) is 104 cm³/mol. The number of rotatable bonds is 4. The lowest BCUT2D eigenvalue weighted by atomic mass is 10.0. The van der Waals surface area contributed by atoms with Gasteiger partial charge < -0.3 is 4.90 Å². The van der Waals surface area contributed by atoms with Gasteiger partial charge in [0.15, 0.2) is 0 Å². The highest BCUT2D eigenvalue weighted by Crippen LogP contribution is 2.31. The predicted octanol–water partition coefficient (Wildman–Crippen LogP) is 4.14. The maximum Gasteiger partial charge on any atom is 0.261 e. The minimum atomic E-state index is -3.76. The van der Waals surface area contributed by atoms with E-state index in [2.05, 4.69) is 4.72 Å². The van der Waals surface area contributed by atoms with Crippen molar-refractivity contribution < 1.29 is 13.2 Å². The number of aryl methyl sites for hydroxylation is 2. The molecule has 0 spiro atoms. The first kappa shape index (κ1) is 18.7. The summed E-state index contributed by atoms with van der Waals surface area (Å²) in [5.74, 6) is 0.0382. The summed E-state index contributed by atoms with van der Waals surface area (Å²) in [6.07, 6.45) is 2.20. The van der Waals surface area contributed by atoms with Crippen LogP contribution >= 0.6 is 11.6 Å². The molecule has 2 aromatic rings. The molecule has 2 aromatic carbocycles. The van der Waals surface area contributed by atoms with E-state index in [9.17, 15) is 13.2 Å². The summed E-state index contributed by atoms with van der Waals surface area (Å²) < 4.78 is 27.9. The Labute approximate surface area is 159 Å². The van der Waals surface area contributed by atoms with Crippen LogP contribution < -0.4 is 9.62 Å². The minimum absolute atomic E-state index is 0.0382. The molecule has 0 aliphatic carbocycles. The van der Waals surface area contributed by atoms with Crippen LogP contribution in [0.15, 0.2) is 41.3 Å². The Kier molecular flexibility index (Phi) is 5.25. The molecule has 5 nitrogen and oxygen atoms in total. The number of hydrogen-bond acceptors (Lipinski definition) is 3. The average Bonchev–Trinajstić information content (AvgIpc) is 2.62. The van der Waals surface area contributed by atoms with Gasteiger partial charge in [-0.3, -0.25) is 9.52 Å². The van der Waals surface area contributed by atoms with Gasteiger partial charge in [-0.15, -0.1) is 0 Å². The topological polar surface area (TPSA) is 66.5 Å². The van der Waals surface area contributed by atoms with E-state index >= 15 is 0 Å². The van der Waals surface area contributed by atoms with Gasteiger partial charge in [0.2, 0.25) is 5.91 Å². The quantitative estimate of drug-likeness (QED) is 0.850. The summed E-state index contributed by atoms with van der Waals surface area (Å²) in [5, 5.41) is 0.401. The monoisotopic (exact) mass is 392 g/mol. The van der Waals surface area contributed by atoms with Crippen molar-refractivity contribution in [1.82, 2.24) is 0 Å². The van der Waals surface area contributed by atoms with E-state index < -0.39 is 10.0 Å². The number of sulfonamides is 1. The van der Waals surface area contributed by atoms with Gasteiger partial charge in [0.05, 0.1) is 10.6 Å². The molecule has 3 rings (SSSR count). The highest BCUT2D eigenvalue weighted by Gasteiger charge is 2.23. The molecule has 0 unspecified atom stereocenters. The Balaban J connectivity index is 1.93. The van der Waals surface area contributed by atoms with Crippen LogP contribution in [0.25, 0.3) is 0 Å². The zero-order valence-corrected chi connectivity index (χ0v) is 16.3. The van der Waals surface area contributed by atoms with Gasteiger partial charge in [0, 0.05) is 23.7 Å². The highest BCUT2D eigenvalue weighted by atomic mass is 35.5. The zero-order valence-electron chi connectivity index (χ0n) is 14.8. The van der Waals surface area contributed by atoms with E-state index in [1.165, 1.54) is 12.1 Å². The van der Waals surface area contributed by atoms with Crippen molar-refractivity contribution in [3.05, 3.63) is 52.5 Å². The first-order chi connectivity index (χ1) is 12.3. The number of carbonyl (C=O) groups excluding carboxylic acids is 1. The largest absolute Gasteiger partial charge is 0.312 e. The molecule has 0 bridgehead atoms. The van der Waals surface area contributed by atoms with Gasteiger partial charge >= 0.3 is 0 Å². The molecule has 0 saturated carbocycles. The maximum absolute atomic E-state index is 12.7. The fourth-order valence-electron chi connectivity index (χ4n) is 3.04. The molecule has 7 heteroatoms. The number of nitrogens with one attached hydrogen (secondary N) is 1. The van der Waals surface area contributed by atoms with Crippen molar-refractivity contribution in [2.75, 3.05) is 16.2 Å². The second-order valence-corrected chi connectivity index (χ2v) is 8.45. The summed E-state index contributed by atoms with van der Waals surface area (Å²) in [6.45, 7) is 4.29. The molecule has 1 amide bonds. The van der Waals surface area contributed by atoms with Gasteiger partial charge in [-0.1, -0.05) is 30.7 Å². The number of nitrogens with zero attached hydrogens (tertiary/aromatic N) is 1. The van der Waals surface area contributed by atoms with E-state index in [-0.39, 0.29) is 10.8 Å². The van der Waals surface area contributed by atoms with E-state index in [1.54, 1.807) is 23.1 Å². The van der Waals surface area contributed by atoms with Crippen LogP contribution in [0.4, 0.5) is 11.4 Å². The Hall–Kier alpha value is -2.05. The molecule has 138 valence electrons. The molecule has 1 N–H and O–H groups in total. The van der Waals surface area contributed by atoms with Gasteiger partial charge in [0.1, 0.15) is 0 Å². The molecule has 0 atom stereocenters. The molecule has 1 aliphatic heterocycles. The first-order valence-electron chi connectivity index (χ1n) is 8.54. The Bertz CT molecular complexity index is 957. The summed E-state index contributed by atoms with van der Waals surface area (Å²) in [5.41, 5.74) is 3.08. The molecule has 0 aromatic heterocycles. The Morgan fingerprint density at radius 3 is 2.69 bits per heavy atom. The minimum Gasteiger partial charge on any atom is -0.312 e. The van der Waals surface area contributed by atoms with Crippen molar-refractivity contribution in [2.24, 2.45) is 0 Å². The number of fused-ring (bicyclic) bond motifs is 1. The Morgan fingerprint density at radius 2 is 2.00 bits per heavy atom. The van der Waals surface area contributed by atoms with Crippen molar-refractivity contribution in [3.63, 3.8) is 0 Å². The van der Waals surface area contributed by atoms with E-state index in [0.717, 1.165) is 29.7 Å². The SMILES string of the molecule is CCC(=O)N1CCCc2ccc(NS(=O)(=O)c3ccc(C)c(Cl)c3)cc21. The molecular formula is C19H21ClN2O3S. The van der Waals surface area contributed by atoms with E-state index in [4.69, 9.17) is 11.6 Å². The van der Waals surface area contributed by atoms with Gasteiger partial charge in [-0.25, -0.2) is 8.42 Å². The third kappa shape index (κ3) is 3.71. The summed E-state index contributed by atoms with van der Waals surface area (Å²) in [4.78, 5) is 14.0. The fraction of sp³-hybridized carbons (Fsp3) is 0.316. The number of halogens is 1. The molecule has 1 aliphatic rings. The molecule has 0 fully saturated rings. The molecule has 26 heavy (non-hydrogen) atoms. The second kappa shape index (κ2) is 7.29. The number of carbonyl (C=O) groups is 1. The second-order valence-electron chi connectivity index (χ2n) is 6.36. The third-order valence-electron chi connectivity index (χ3n) is 4.51. The highest BCUT2D eigenvalue weighted by molar-refractivity contribution is 7.92. The van der Waals surface area contributed by atoms with Gasteiger partial charge in [-0.2, -0.15) is 0 Å². The van der Waals surface area contributed by atoms with Crippen LogP contribution in [-0.2, 0) is 21.2 Å². The summed E-state index contributed by atoms with van der Waals surface area (Å²) in [6, 6.07) is 9.97. The number of anilines is 2. The molecule has 0 saturated heterocycles. The average molecular weight is 393 g/mol. The number of benzene rings is 2. The van der Waals surface area contributed by atoms with Crippen LogP contribution in [0.1, 0.15) is 30.9 Å². The summed E-state index contributed by atoms with van der Waals surface area (Å²) >= 11 is 6.05. The van der Waals surface area contributed by atoms with Crippen molar-refractivity contribution in [2.45, 2.75) is 38.0 Å². The lowest BCUT2D eigenvalue weighted by Gasteiger charge is -2.29. The van der Waals surface area contributed by atoms with Crippen LogP contribution in [0, 0.1) is 6.92 Å². The van der Waals surface area contributed by atoms with Crippen molar-refractivity contribution in [3.8, 4) is 0 Å². The van der Waals surface area contributed by atoms with Crippen LogP contribution in [0.2, 0.25) is 5.02 Å². The van der Waals surface area contributed by atoms with Crippen LogP contribution in [0.5, 0.6) is 0 Å². The summed E-state index contributed by atoms with van der Waals surface area (Å²) in [7, 11) is -3.76. The van der Waals surface area contributed by atoms with Crippen molar-refractivity contribution >= 4 is 38.9 Å². The van der Waals surface area contributed by atoms with Gasteiger partial charge in [-0.05, 0) is 55.2 Å². The van der Waals surface area contributed by atoms with E-state index in [0.29, 0.717) is 23.7 Å². The molecule has 0 radical (unpaired) electrons.